The Labute approximate surface area is 128 Å². The molecule has 6 heteroatoms. The van der Waals surface area contributed by atoms with Crippen LogP contribution < -0.4 is 10.6 Å². The average Bonchev–Trinajstić information content (AvgIpc) is 2.44. The first kappa shape index (κ1) is 17.9. The molecule has 0 aromatic rings. The van der Waals surface area contributed by atoms with Crippen LogP contribution in [0.3, 0.4) is 0 Å². The Balaban J connectivity index is 2.17. The summed E-state index contributed by atoms with van der Waals surface area (Å²) in [6, 6.07) is 0.470. The van der Waals surface area contributed by atoms with Crippen molar-refractivity contribution < 1.29 is 9.59 Å². The Morgan fingerprint density at radius 2 is 1.81 bits per heavy atom. The number of piperazine rings is 1. The molecule has 1 heterocycles. The summed E-state index contributed by atoms with van der Waals surface area (Å²) in [4.78, 5) is 27.6. The van der Waals surface area contributed by atoms with Gasteiger partial charge in [-0.3, -0.25) is 14.5 Å². The van der Waals surface area contributed by atoms with E-state index in [0.717, 1.165) is 39.1 Å². The summed E-state index contributed by atoms with van der Waals surface area (Å²) in [6.07, 6.45) is 1.49. The summed E-state index contributed by atoms with van der Waals surface area (Å²) < 4.78 is 0. The Kier molecular flexibility index (Phi) is 8.30. The fraction of sp³-hybridized carbons (Fsp3) is 0.867. The highest BCUT2D eigenvalue weighted by atomic mass is 16.2. The number of hydrogen-bond donors (Lipinski definition) is 2. The quantitative estimate of drug-likeness (QED) is 0.621. The van der Waals surface area contributed by atoms with E-state index >= 15 is 0 Å². The lowest BCUT2D eigenvalue weighted by atomic mass is 10.2. The van der Waals surface area contributed by atoms with Crippen LogP contribution in [-0.4, -0.2) is 73.5 Å². The summed E-state index contributed by atoms with van der Waals surface area (Å²) in [5.74, 6) is 0.301. The van der Waals surface area contributed by atoms with Crippen LogP contribution >= 0.6 is 0 Å². The van der Waals surface area contributed by atoms with Crippen molar-refractivity contribution in [3.63, 3.8) is 0 Å². The van der Waals surface area contributed by atoms with Gasteiger partial charge in [0.15, 0.2) is 0 Å². The van der Waals surface area contributed by atoms with Crippen LogP contribution in [0.1, 0.15) is 33.6 Å². The number of rotatable bonds is 8. The number of nitrogens with zero attached hydrogens (tertiary/aromatic N) is 2. The van der Waals surface area contributed by atoms with Crippen molar-refractivity contribution in [3.8, 4) is 0 Å². The molecule has 0 aliphatic carbocycles. The summed E-state index contributed by atoms with van der Waals surface area (Å²) >= 11 is 0. The molecule has 122 valence electrons. The standard InChI is InChI=1S/C15H30N4O2/c1-4-16-14(20)12-18-8-10-19(11-9-18)15(21)6-5-7-17-13(2)3/h13,17H,4-12H2,1-3H3,(H,16,20). The predicted octanol–water partition coefficient (Wildman–Crippen LogP) is 0.0449. The van der Waals surface area contributed by atoms with E-state index in [9.17, 15) is 9.59 Å². The van der Waals surface area contributed by atoms with E-state index in [1.807, 2.05) is 11.8 Å². The molecular weight excluding hydrogens is 268 g/mol. The summed E-state index contributed by atoms with van der Waals surface area (Å²) in [5.41, 5.74) is 0. The van der Waals surface area contributed by atoms with Crippen LogP contribution in [0.2, 0.25) is 0 Å². The van der Waals surface area contributed by atoms with Crippen LogP contribution in [0.5, 0.6) is 0 Å². The summed E-state index contributed by atoms with van der Waals surface area (Å²) in [5, 5.41) is 6.12. The zero-order valence-electron chi connectivity index (χ0n) is 13.7. The second kappa shape index (κ2) is 9.73. The molecule has 1 rings (SSSR count). The van der Waals surface area contributed by atoms with Crippen LogP contribution in [0.4, 0.5) is 0 Å². The number of amides is 2. The maximum absolute atomic E-state index is 12.1. The molecule has 0 aromatic heterocycles. The molecule has 0 spiro atoms. The zero-order valence-corrected chi connectivity index (χ0v) is 13.7. The maximum atomic E-state index is 12.1. The second-order valence-electron chi connectivity index (χ2n) is 5.82. The fourth-order valence-corrected chi connectivity index (χ4v) is 2.40. The average molecular weight is 298 g/mol. The first-order valence-electron chi connectivity index (χ1n) is 8.03. The SMILES string of the molecule is CCNC(=O)CN1CCN(C(=O)CCCNC(C)C)CC1. The molecule has 1 fully saturated rings. The lowest BCUT2D eigenvalue weighted by Crippen LogP contribution is -2.51. The molecule has 0 atom stereocenters. The molecule has 2 N–H and O–H groups in total. The third-order valence-corrected chi connectivity index (χ3v) is 3.59. The second-order valence-corrected chi connectivity index (χ2v) is 5.82. The minimum Gasteiger partial charge on any atom is -0.355 e. The molecule has 21 heavy (non-hydrogen) atoms. The molecule has 0 radical (unpaired) electrons. The number of carbonyl (C=O) groups is 2. The fourth-order valence-electron chi connectivity index (χ4n) is 2.40. The summed E-state index contributed by atoms with van der Waals surface area (Å²) in [7, 11) is 0. The van der Waals surface area contributed by atoms with Gasteiger partial charge in [-0.2, -0.15) is 0 Å². The summed E-state index contributed by atoms with van der Waals surface area (Å²) in [6.45, 7) is 11.2. The Morgan fingerprint density at radius 1 is 1.14 bits per heavy atom. The van der Waals surface area contributed by atoms with Crippen molar-refractivity contribution in [2.75, 3.05) is 45.8 Å². The first-order valence-corrected chi connectivity index (χ1v) is 8.03. The monoisotopic (exact) mass is 298 g/mol. The van der Waals surface area contributed by atoms with Gasteiger partial charge in [0.2, 0.25) is 11.8 Å². The molecule has 0 unspecified atom stereocenters. The maximum Gasteiger partial charge on any atom is 0.234 e. The molecule has 6 nitrogen and oxygen atoms in total. The van der Waals surface area contributed by atoms with Crippen molar-refractivity contribution in [2.45, 2.75) is 39.7 Å². The van der Waals surface area contributed by atoms with E-state index < -0.39 is 0 Å². The van der Waals surface area contributed by atoms with Gasteiger partial charge in [-0.05, 0) is 19.9 Å². The minimum absolute atomic E-state index is 0.0667. The molecule has 1 saturated heterocycles. The highest BCUT2D eigenvalue weighted by molar-refractivity contribution is 5.78. The number of carbonyl (C=O) groups excluding carboxylic acids is 2. The van der Waals surface area contributed by atoms with Gasteiger partial charge in [0, 0.05) is 45.2 Å². The topological polar surface area (TPSA) is 64.7 Å². The van der Waals surface area contributed by atoms with Gasteiger partial charge >= 0.3 is 0 Å². The predicted molar refractivity (Wildman–Crippen MR) is 84.1 cm³/mol. The smallest absolute Gasteiger partial charge is 0.234 e. The molecule has 2 amide bonds. The largest absolute Gasteiger partial charge is 0.355 e. The highest BCUT2D eigenvalue weighted by Gasteiger charge is 2.21. The van der Waals surface area contributed by atoms with Crippen LogP contribution in [-0.2, 0) is 9.59 Å². The number of likely N-dealkylation sites (N-methyl/N-ethyl adjacent to an activating group) is 1. The van der Waals surface area contributed by atoms with E-state index in [4.69, 9.17) is 0 Å². The third-order valence-electron chi connectivity index (χ3n) is 3.59. The van der Waals surface area contributed by atoms with E-state index in [1.165, 1.54) is 0 Å². The highest BCUT2D eigenvalue weighted by Crippen LogP contribution is 2.05. The van der Waals surface area contributed by atoms with Crippen molar-refractivity contribution in [2.24, 2.45) is 0 Å². The lowest BCUT2D eigenvalue weighted by Gasteiger charge is -2.34. The molecule has 1 aliphatic heterocycles. The van der Waals surface area contributed by atoms with Crippen molar-refractivity contribution in [3.05, 3.63) is 0 Å². The minimum atomic E-state index is 0.0667. The Hall–Kier alpha value is -1.14. The number of nitrogens with one attached hydrogen (secondary N) is 2. The van der Waals surface area contributed by atoms with Crippen molar-refractivity contribution in [1.29, 1.82) is 0 Å². The van der Waals surface area contributed by atoms with Crippen molar-refractivity contribution in [1.82, 2.24) is 20.4 Å². The van der Waals surface area contributed by atoms with E-state index in [1.54, 1.807) is 0 Å². The van der Waals surface area contributed by atoms with Gasteiger partial charge in [0.1, 0.15) is 0 Å². The van der Waals surface area contributed by atoms with E-state index in [-0.39, 0.29) is 11.8 Å². The molecule has 0 saturated carbocycles. The van der Waals surface area contributed by atoms with Crippen LogP contribution in [0.25, 0.3) is 0 Å². The number of hydrogen-bond acceptors (Lipinski definition) is 4. The van der Waals surface area contributed by atoms with Gasteiger partial charge in [-0.1, -0.05) is 13.8 Å². The zero-order chi connectivity index (χ0) is 15.7. The van der Waals surface area contributed by atoms with Gasteiger partial charge < -0.3 is 15.5 Å². The van der Waals surface area contributed by atoms with E-state index in [2.05, 4.69) is 29.4 Å². The molecule has 0 bridgehead atoms. The van der Waals surface area contributed by atoms with Gasteiger partial charge in [-0.25, -0.2) is 0 Å². The van der Waals surface area contributed by atoms with Crippen LogP contribution in [0, 0.1) is 0 Å². The lowest BCUT2D eigenvalue weighted by molar-refractivity contribution is -0.133. The van der Waals surface area contributed by atoms with Gasteiger partial charge in [-0.15, -0.1) is 0 Å². The molecule has 0 aromatic carbocycles. The van der Waals surface area contributed by atoms with Gasteiger partial charge in [0.05, 0.1) is 6.54 Å². The van der Waals surface area contributed by atoms with Crippen LogP contribution in [0.15, 0.2) is 0 Å². The third kappa shape index (κ3) is 7.43. The van der Waals surface area contributed by atoms with Gasteiger partial charge in [0.25, 0.3) is 0 Å². The Morgan fingerprint density at radius 3 is 2.38 bits per heavy atom. The van der Waals surface area contributed by atoms with Crippen molar-refractivity contribution >= 4 is 11.8 Å². The first-order chi connectivity index (χ1) is 10.0. The molecular formula is C15H30N4O2. The Bertz CT molecular complexity index is 326. The molecule has 1 aliphatic rings. The normalized spacial score (nSPS) is 16.3. The van der Waals surface area contributed by atoms with E-state index in [0.29, 0.717) is 25.6 Å².